The molecule has 3 aromatic carbocycles. The summed E-state index contributed by atoms with van der Waals surface area (Å²) in [5, 5.41) is 15.8. The van der Waals surface area contributed by atoms with E-state index in [1.165, 1.54) is 14.2 Å². The van der Waals surface area contributed by atoms with Crippen molar-refractivity contribution in [3.63, 3.8) is 0 Å². The normalized spacial score (nSPS) is 20.9. The molecule has 1 aliphatic heterocycles. The number of methoxy groups -OCH3 is 2. The maximum absolute atomic E-state index is 13.7. The van der Waals surface area contributed by atoms with Crippen molar-refractivity contribution in [1.29, 1.82) is 0 Å². The number of phenolic OH excluding ortho intramolecular Hbond substituents is 1. The highest BCUT2D eigenvalue weighted by Gasteiger charge is 2.50. The lowest BCUT2D eigenvalue weighted by atomic mass is 9.63. The fraction of sp³-hybridized carbons (Fsp3) is 0.286. The summed E-state index contributed by atoms with van der Waals surface area (Å²) < 4.78 is 10.6. The number of phenols is 1. The number of benzene rings is 3. The summed E-state index contributed by atoms with van der Waals surface area (Å²) in [6.07, 6.45) is 0.221. The Balaban J connectivity index is 1.85. The Labute approximate surface area is 198 Å². The molecule has 3 aromatic rings. The maximum Gasteiger partial charge on any atom is 0.315 e. The van der Waals surface area contributed by atoms with Crippen LogP contribution in [-0.2, 0) is 14.3 Å². The molecular weight excluding hydrogens is 430 g/mol. The van der Waals surface area contributed by atoms with Gasteiger partial charge in [-0.2, -0.15) is 0 Å². The van der Waals surface area contributed by atoms with Crippen LogP contribution in [0.5, 0.6) is 11.5 Å². The molecule has 1 heterocycles. The lowest BCUT2D eigenvalue weighted by Gasteiger charge is -2.44. The second kappa shape index (κ2) is 7.90. The van der Waals surface area contributed by atoms with Crippen LogP contribution in [0.15, 0.2) is 65.9 Å². The van der Waals surface area contributed by atoms with Gasteiger partial charge in [0, 0.05) is 29.3 Å². The van der Waals surface area contributed by atoms with Crippen LogP contribution in [0.1, 0.15) is 37.3 Å². The molecule has 34 heavy (non-hydrogen) atoms. The van der Waals surface area contributed by atoms with Crippen LogP contribution < -0.4 is 10.1 Å². The summed E-state index contributed by atoms with van der Waals surface area (Å²) in [5.74, 6) is -1.09. The van der Waals surface area contributed by atoms with E-state index in [9.17, 15) is 14.7 Å². The van der Waals surface area contributed by atoms with Gasteiger partial charge in [0.15, 0.2) is 17.3 Å². The Bertz CT molecular complexity index is 1370. The first-order valence-corrected chi connectivity index (χ1v) is 11.3. The third-order valence-corrected chi connectivity index (χ3v) is 7.07. The molecule has 6 heteroatoms. The summed E-state index contributed by atoms with van der Waals surface area (Å²) in [6.45, 7) is 3.85. The Kier molecular flexibility index (Phi) is 5.12. The van der Waals surface area contributed by atoms with Gasteiger partial charge >= 0.3 is 5.97 Å². The lowest BCUT2D eigenvalue weighted by Crippen LogP contribution is -2.44. The van der Waals surface area contributed by atoms with Gasteiger partial charge in [-0.1, -0.05) is 50.2 Å². The minimum absolute atomic E-state index is 0.0109. The first-order valence-electron chi connectivity index (χ1n) is 11.3. The van der Waals surface area contributed by atoms with Crippen LogP contribution in [0.2, 0.25) is 0 Å². The van der Waals surface area contributed by atoms with Gasteiger partial charge in [0.2, 0.25) is 0 Å². The predicted molar refractivity (Wildman–Crippen MR) is 130 cm³/mol. The number of carbonyl (C=O) groups is 2. The zero-order valence-electron chi connectivity index (χ0n) is 19.6. The molecule has 5 rings (SSSR count). The van der Waals surface area contributed by atoms with Gasteiger partial charge in [-0.05, 0) is 45.5 Å². The highest BCUT2D eigenvalue weighted by atomic mass is 16.5. The van der Waals surface area contributed by atoms with Crippen molar-refractivity contribution in [1.82, 2.24) is 0 Å². The van der Waals surface area contributed by atoms with E-state index in [2.05, 4.69) is 5.32 Å². The third kappa shape index (κ3) is 3.24. The number of nitrogens with one attached hydrogen (secondary N) is 1. The van der Waals surface area contributed by atoms with Crippen molar-refractivity contribution in [2.75, 3.05) is 19.5 Å². The number of Topliss-reactive ketones (excluding diaryl/α,β-unsaturated/α-hetero) is 1. The van der Waals surface area contributed by atoms with Crippen molar-refractivity contribution in [2.24, 2.45) is 11.3 Å². The number of rotatable bonds is 3. The predicted octanol–water partition coefficient (Wildman–Crippen LogP) is 5.15. The number of ketones is 1. The first-order chi connectivity index (χ1) is 16.3. The highest BCUT2D eigenvalue weighted by molar-refractivity contribution is 6.06. The number of carbonyl (C=O) groups excluding carboxylic acids is 2. The molecule has 2 N–H and O–H groups in total. The molecule has 1 aliphatic carbocycles. The summed E-state index contributed by atoms with van der Waals surface area (Å²) in [6, 6.07) is 17.2. The van der Waals surface area contributed by atoms with Crippen molar-refractivity contribution in [2.45, 2.75) is 26.2 Å². The number of ether oxygens (including phenoxy) is 2. The smallest absolute Gasteiger partial charge is 0.315 e. The molecule has 0 fully saturated rings. The fourth-order valence-electron chi connectivity index (χ4n) is 5.53. The second-order valence-corrected chi connectivity index (χ2v) is 9.61. The van der Waals surface area contributed by atoms with E-state index in [0.29, 0.717) is 17.0 Å². The van der Waals surface area contributed by atoms with Crippen LogP contribution >= 0.6 is 0 Å². The monoisotopic (exact) mass is 457 g/mol. The third-order valence-electron chi connectivity index (χ3n) is 7.07. The van der Waals surface area contributed by atoms with E-state index in [1.54, 1.807) is 12.1 Å². The molecule has 0 bridgehead atoms. The molecule has 0 radical (unpaired) electrons. The minimum Gasteiger partial charge on any atom is -0.504 e. The molecule has 2 atom stereocenters. The van der Waals surface area contributed by atoms with Gasteiger partial charge in [-0.15, -0.1) is 0 Å². The lowest BCUT2D eigenvalue weighted by molar-refractivity contribution is -0.148. The molecule has 174 valence electrons. The van der Waals surface area contributed by atoms with Crippen LogP contribution in [0.25, 0.3) is 10.8 Å². The second-order valence-electron chi connectivity index (χ2n) is 9.61. The van der Waals surface area contributed by atoms with E-state index in [1.807, 2.05) is 56.3 Å². The van der Waals surface area contributed by atoms with Gasteiger partial charge in [0.1, 0.15) is 5.92 Å². The highest BCUT2D eigenvalue weighted by Crippen LogP contribution is 2.53. The van der Waals surface area contributed by atoms with Crippen LogP contribution in [0.4, 0.5) is 5.69 Å². The van der Waals surface area contributed by atoms with Gasteiger partial charge < -0.3 is 19.9 Å². The number of esters is 1. The Morgan fingerprint density at radius 2 is 1.85 bits per heavy atom. The Morgan fingerprint density at radius 1 is 1.09 bits per heavy atom. The molecule has 0 amide bonds. The zero-order valence-corrected chi connectivity index (χ0v) is 19.6. The molecule has 0 spiro atoms. The molecule has 0 saturated heterocycles. The van der Waals surface area contributed by atoms with Gasteiger partial charge in [0.05, 0.1) is 14.2 Å². The Hall–Kier alpha value is -3.80. The van der Waals surface area contributed by atoms with E-state index in [4.69, 9.17) is 9.47 Å². The van der Waals surface area contributed by atoms with Crippen molar-refractivity contribution >= 4 is 28.2 Å². The molecule has 0 aromatic heterocycles. The first kappa shape index (κ1) is 22.0. The van der Waals surface area contributed by atoms with E-state index in [-0.39, 0.29) is 23.9 Å². The average Bonchev–Trinajstić information content (AvgIpc) is 2.82. The minimum atomic E-state index is -0.619. The van der Waals surface area contributed by atoms with Crippen LogP contribution in [-0.4, -0.2) is 31.1 Å². The van der Waals surface area contributed by atoms with E-state index < -0.39 is 17.3 Å². The zero-order chi connectivity index (χ0) is 24.2. The molecule has 6 nitrogen and oxygen atoms in total. The summed E-state index contributed by atoms with van der Waals surface area (Å²) in [4.78, 5) is 26.7. The molecule has 2 aliphatic rings. The number of anilines is 1. The summed E-state index contributed by atoms with van der Waals surface area (Å²) in [7, 11) is 2.87. The maximum atomic E-state index is 13.7. The number of allylic oxidation sites excluding steroid dienone is 1. The summed E-state index contributed by atoms with van der Waals surface area (Å²) in [5.41, 5.74) is 3.15. The topological polar surface area (TPSA) is 84.9 Å². The summed E-state index contributed by atoms with van der Waals surface area (Å²) >= 11 is 0. The number of hydrogen-bond acceptors (Lipinski definition) is 6. The molecular formula is C28H27NO5. The average molecular weight is 458 g/mol. The molecule has 0 unspecified atom stereocenters. The van der Waals surface area contributed by atoms with Crippen molar-refractivity contribution in [3.05, 3.63) is 77.0 Å². The SMILES string of the molecule is COC(=O)[C@H]1C2=C(C(=O)CC1(C)C)[C@@H](c1ccc(O)c(OC)c1)c1c(ccc3ccccc13)N2. The van der Waals surface area contributed by atoms with Crippen molar-refractivity contribution < 1.29 is 24.2 Å². The quantitative estimate of drug-likeness (QED) is 0.529. The largest absolute Gasteiger partial charge is 0.504 e. The fourth-order valence-corrected chi connectivity index (χ4v) is 5.53. The van der Waals surface area contributed by atoms with Gasteiger partial charge in [-0.25, -0.2) is 0 Å². The number of aromatic hydroxyl groups is 1. The van der Waals surface area contributed by atoms with Gasteiger partial charge in [0.25, 0.3) is 0 Å². The standard InChI is InChI=1S/C28H27NO5/c1-28(2)14-20(31)24-22(16-10-12-19(30)21(13-16)33-3)23-17-8-6-5-7-15(17)9-11-18(23)29-26(24)25(28)27(32)34-4/h5-13,22,25,29-30H,14H2,1-4H3/t22-,25+/m0/s1. The van der Waals surface area contributed by atoms with Crippen molar-refractivity contribution in [3.8, 4) is 11.5 Å². The number of hydrogen-bond donors (Lipinski definition) is 2. The van der Waals surface area contributed by atoms with E-state index >= 15 is 0 Å². The Morgan fingerprint density at radius 3 is 2.59 bits per heavy atom. The molecule has 0 saturated carbocycles. The van der Waals surface area contributed by atoms with Crippen LogP contribution in [0.3, 0.4) is 0 Å². The number of fused-ring (bicyclic) bond motifs is 3. The van der Waals surface area contributed by atoms with E-state index in [0.717, 1.165) is 27.6 Å². The van der Waals surface area contributed by atoms with Crippen LogP contribution in [0, 0.1) is 11.3 Å². The van der Waals surface area contributed by atoms with Gasteiger partial charge in [-0.3, -0.25) is 9.59 Å².